The van der Waals surface area contributed by atoms with E-state index in [1.165, 1.54) is 0 Å². The van der Waals surface area contributed by atoms with Crippen LogP contribution in [0.15, 0.2) is 29.2 Å². The molecule has 0 bridgehead atoms. The molecule has 1 aromatic rings. The molecule has 1 saturated heterocycles. The van der Waals surface area contributed by atoms with Crippen molar-refractivity contribution in [3.8, 4) is 0 Å². The van der Waals surface area contributed by atoms with Gasteiger partial charge in [-0.15, -0.1) is 0 Å². The molecule has 0 spiro atoms. The molecule has 1 heterocycles. The number of benzene rings is 1. The van der Waals surface area contributed by atoms with Crippen LogP contribution in [0.4, 0.5) is 0 Å². The van der Waals surface area contributed by atoms with Crippen molar-refractivity contribution in [2.24, 2.45) is 0 Å². The van der Waals surface area contributed by atoms with E-state index in [0.29, 0.717) is 18.0 Å². The summed E-state index contributed by atoms with van der Waals surface area (Å²) in [5, 5.41) is 3.02. The highest BCUT2D eigenvalue weighted by atomic mass is 32.2. The van der Waals surface area contributed by atoms with E-state index in [2.05, 4.69) is 10.0 Å². The van der Waals surface area contributed by atoms with Gasteiger partial charge in [-0.25, -0.2) is 13.1 Å². The summed E-state index contributed by atoms with van der Waals surface area (Å²) in [4.78, 5) is 0.342. The summed E-state index contributed by atoms with van der Waals surface area (Å²) in [6.45, 7) is 3.31. The van der Waals surface area contributed by atoms with Gasteiger partial charge >= 0.3 is 0 Å². The maximum absolute atomic E-state index is 11.8. The lowest BCUT2D eigenvalue weighted by molar-refractivity contribution is 0.410. The van der Waals surface area contributed by atoms with Crippen molar-refractivity contribution in [3.63, 3.8) is 0 Å². The van der Waals surface area contributed by atoms with Crippen LogP contribution >= 0.6 is 0 Å². The smallest absolute Gasteiger partial charge is 0.240 e. The Bertz CT molecular complexity index is 452. The quantitative estimate of drug-likeness (QED) is 0.776. The van der Waals surface area contributed by atoms with Gasteiger partial charge in [0.1, 0.15) is 0 Å². The first-order chi connectivity index (χ1) is 7.08. The summed E-state index contributed by atoms with van der Waals surface area (Å²) in [6.07, 6.45) is 0. The normalized spacial score (nSPS) is 17.4. The Morgan fingerprint density at radius 1 is 1.40 bits per heavy atom. The van der Waals surface area contributed by atoms with E-state index in [-0.39, 0.29) is 6.04 Å². The molecule has 82 valence electrons. The SMILES string of the molecule is Cc1cccc(S(=O)(=O)NC2CNC2)c1. The molecule has 4 nitrogen and oxygen atoms in total. The Labute approximate surface area is 89.7 Å². The number of rotatable bonds is 3. The molecule has 0 saturated carbocycles. The predicted molar refractivity (Wildman–Crippen MR) is 58.2 cm³/mol. The first-order valence-electron chi connectivity index (χ1n) is 4.88. The van der Waals surface area contributed by atoms with Crippen LogP contribution in [0.3, 0.4) is 0 Å². The van der Waals surface area contributed by atoms with Crippen molar-refractivity contribution in [2.75, 3.05) is 13.1 Å². The van der Waals surface area contributed by atoms with Crippen LogP contribution in [-0.4, -0.2) is 27.5 Å². The molecule has 0 aliphatic carbocycles. The van der Waals surface area contributed by atoms with E-state index >= 15 is 0 Å². The van der Waals surface area contributed by atoms with E-state index in [4.69, 9.17) is 0 Å². The van der Waals surface area contributed by atoms with Crippen LogP contribution in [0.2, 0.25) is 0 Å². The van der Waals surface area contributed by atoms with Crippen molar-refractivity contribution in [3.05, 3.63) is 29.8 Å². The summed E-state index contributed by atoms with van der Waals surface area (Å²) in [5.41, 5.74) is 0.949. The van der Waals surface area contributed by atoms with Gasteiger partial charge in [0.2, 0.25) is 10.0 Å². The number of nitrogens with one attached hydrogen (secondary N) is 2. The van der Waals surface area contributed by atoms with Gasteiger partial charge in [-0.3, -0.25) is 0 Å². The Morgan fingerprint density at radius 2 is 2.13 bits per heavy atom. The zero-order chi connectivity index (χ0) is 10.9. The molecular weight excluding hydrogens is 212 g/mol. The van der Waals surface area contributed by atoms with Gasteiger partial charge in [0.05, 0.1) is 4.90 Å². The molecule has 0 radical (unpaired) electrons. The first kappa shape index (κ1) is 10.6. The molecule has 15 heavy (non-hydrogen) atoms. The van der Waals surface area contributed by atoms with Crippen molar-refractivity contribution in [2.45, 2.75) is 17.9 Å². The van der Waals surface area contributed by atoms with Gasteiger partial charge in [0.15, 0.2) is 0 Å². The molecule has 1 aliphatic heterocycles. The van der Waals surface area contributed by atoms with Gasteiger partial charge in [0, 0.05) is 19.1 Å². The second-order valence-electron chi connectivity index (χ2n) is 3.79. The van der Waals surface area contributed by atoms with Gasteiger partial charge in [-0.05, 0) is 24.6 Å². The molecule has 0 amide bonds. The summed E-state index contributed by atoms with van der Waals surface area (Å²) in [7, 11) is -3.33. The highest BCUT2D eigenvalue weighted by Gasteiger charge is 2.24. The molecule has 0 aromatic heterocycles. The predicted octanol–water partition coefficient (Wildman–Crippen LogP) is 0.245. The minimum atomic E-state index is -3.33. The van der Waals surface area contributed by atoms with Crippen LogP contribution in [0.1, 0.15) is 5.56 Å². The fraction of sp³-hybridized carbons (Fsp3) is 0.400. The highest BCUT2D eigenvalue weighted by Crippen LogP contribution is 2.11. The highest BCUT2D eigenvalue weighted by molar-refractivity contribution is 7.89. The third-order valence-electron chi connectivity index (χ3n) is 2.40. The van der Waals surface area contributed by atoms with Crippen LogP contribution in [0.25, 0.3) is 0 Å². The van der Waals surface area contributed by atoms with E-state index in [9.17, 15) is 8.42 Å². The molecule has 1 aliphatic rings. The molecule has 5 heteroatoms. The Hall–Kier alpha value is -0.910. The zero-order valence-corrected chi connectivity index (χ0v) is 9.34. The lowest BCUT2D eigenvalue weighted by Gasteiger charge is -2.27. The Kier molecular flexibility index (Phi) is 2.77. The third kappa shape index (κ3) is 2.37. The molecule has 0 atom stereocenters. The first-order valence-corrected chi connectivity index (χ1v) is 6.36. The van der Waals surface area contributed by atoms with E-state index in [1.807, 2.05) is 13.0 Å². The van der Waals surface area contributed by atoms with E-state index < -0.39 is 10.0 Å². The fourth-order valence-corrected chi connectivity index (χ4v) is 2.78. The van der Waals surface area contributed by atoms with Crippen molar-refractivity contribution in [1.29, 1.82) is 0 Å². The largest absolute Gasteiger partial charge is 0.313 e. The second-order valence-corrected chi connectivity index (χ2v) is 5.51. The van der Waals surface area contributed by atoms with Crippen LogP contribution in [0.5, 0.6) is 0 Å². The topological polar surface area (TPSA) is 58.2 Å². The molecule has 0 unspecified atom stereocenters. The molecular formula is C10H14N2O2S. The summed E-state index contributed by atoms with van der Waals surface area (Å²) < 4.78 is 26.3. The van der Waals surface area contributed by atoms with Gasteiger partial charge in [-0.1, -0.05) is 12.1 Å². The maximum Gasteiger partial charge on any atom is 0.240 e. The van der Waals surface area contributed by atoms with Gasteiger partial charge in [-0.2, -0.15) is 0 Å². The van der Waals surface area contributed by atoms with Gasteiger partial charge < -0.3 is 5.32 Å². The van der Waals surface area contributed by atoms with E-state index in [1.54, 1.807) is 18.2 Å². The standard InChI is InChI=1S/C10H14N2O2S/c1-8-3-2-4-10(5-8)15(13,14)12-9-6-11-7-9/h2-5,9,11-12H,6-7H2,1H3. The van der Waals surface area contributed by atoms with Gasteiger partial charge in [0.25, 0.3) is 0 Å². The van der Waals surface area contributed by atoms with E-state index in [0.717, 1.165) is 5.56 Å². The van der Waals surface area contributed by atoms with Crippen LogP contribution in [0, 0.1) is 6.92 Å². The maximum atomic E-state index is 11.8. The third-order valence-corrected chi connectivity index (χ3v) is 3.92. The number of sulfonamides is 1. The minimum absolute atomic E-state index is 0.0375. The summed E-state index contributed by atoms with van der Waals surface area (Å²) in [5.74, 6) is 0. The Morgan fingerprint density at radius 3 is 2.67 bits per heavy atom. The number of aryl methyl sites for hydroxylation is 1. The summed E-state index contributed by atoms with van der Waals surface area (Å²) in [6, 6.07) is 6.96. The molecule has 1 fully saturated rings. The lowest BCUT2D eigenvalue weighted by Crippen LogP contribution is -2.56. The van der Waals surface area contributed by atoms with Crippen LogP contribution < -0.4 is 10.0 Å². The fourth-order valence-electron chi connectivity index (χ4n) is 1.44. The average Bonchev–Trinajstić information content (AvgIpc) is 2.12. The molecule has 1 aromatic carbocycles. The lowest BCUT2D eigenvalue weighted by atomic mass is 10.2. The van der Waals surface area contributed by atoms with Crippen molar-refractivity contribution >= 4 is 10.0 Å². The molecule has 2 rings (SSSR count). The number of hydrogen-bond donors (Lipinski definition) is 2. The molecule has 2 N–H and O–H groups in total. The minimum Gasteiger partial charge on any atom is -0.313 e. The average molecular weight is 226 g/mol. The zero-order valence-electron chi connectivity index (χ0n) is 8.53. The van der Waals surface area contributed by atoms with Crippen LogP contribution in [-0.2, 0) is 10.0 Å². The summed E-state index contributed by atoms with van der Waals surface area (Å²) >= 11 is 0. The monoisotopic (exact) mass is 226 g/mol. The van der Waals surface area contributed by atoms with Crippen molar-refractivity contribution < 1.29 is 8.42 Å². The second kappa shape index (κ2) is 3.92. The van der Waals surface area contributed by atoms with Crippen molar-refractivity contribution in [1.82, 2.24) is 10.0 Å². The Balaban J connectivity index is 2.20. The number of hydrogen-bond acceptors (Lipinski definition) is 3.